The van der Waals surface area contributed by atoms with Crippen molar-refractivity contribution >= 4 is 16.9 Å². The Balaban J connectivity index is 1.65. The molecule has 4 aromatic rings. The van der Waals surface area contributed by atoms with Crippen LogP contribution in [0.4, 0.5) is 0 Å². The van der Waals surface area contributed by atoms with Crippen LogP contribution in [-0.4, -0.2) is 12.1 Å². The zero-order valence-electron chi connectivity index (χ0n) is 17.5. The number of esters is 1. The van der Waals surface area contributed by atoms with Gasteiger partial charge >= 0.3 is 5.97 Å². The van der Waals surface area contributed by atoms with Crippen LogP contribution in [0.3, 0.4) is 0 Å². The number of hydrogen-bond acceptors (Lipinski definition) is 6. The number of aryl methyl sites for hydroxylation is 1. The third-order valence-electron chi connectivity index (χ3n) is 4.66. The van der Waals surface area contributed by atoms with E-state index in [1.807, 2.05) is 13.0 Å². The van der Waals surface area contributed by atoms with Crippen molar-refractivity contribution in [3.05, 3.63) is 87.8 Å². The maximum absolute atomic E-state index is 13.2. The highest BCUT2D eigenvalue weighted by Crippen LogP contribution is 2.32. The lowest BCUT2D eigenvalue weighted by atomic mass is 10.1. The summed E-state index contributed by atoms with van der Waals surface area (Å²) in [7, 11) is 0. The lowest BCUT2D eigenvalue weighted by Crippen LogP contribution is -2.12. The first-order chi connectivity index (χ1) is 14.9. The Hall–Kier alpha value is -3.80. The normalized spacial score (nSPS) is 11.1. The predicted octanol–water partition coefficient (Wildman–Crippen LogP) is 5.51. The van der Waals surface area contributed by atoms with Crippen molar-refractivity contribution in [1.29, 1.82) is 0 Å². The molecule has 0 amide bonds. The molecule has 2 aromatic carbocycles. The van der Waals surface area contributed by atoms with E-state index < -0.39 is 0 Å². The van der Waals surface area contributed by atoms with Gasteiger partial charge in [0.05, 0.1) is 23.3 Å². The molecule has 0 bridgehead atoms. The summed E-state index contributed by atoms with van der Waals surface area (Å²) in [5.41, 5.74) is 2.38. The molecule has 158 valence electrons. The van der Waals surface area contributed by atoms with Gasteiger partial charge in [-0.3, -0.25) is 4.79 Å². The molecular weight excluding hydrogens is 396 g/mol. The molecule has 0 N–H and O–H groups in total. The molecule has 6 nitrogen and oxygen atoms in total. The summed E-state index contributed by atoms with van der Waals surface area (Å²) in [6.07, 6.45) is 1.32. The van der Waals surface area contributed by atoms with Gasteiger partial charge in [-0.2, -0.15) is 0 Å². The van der Waals surface area contributed by atoms with E-state index in [0.29, 0.717) is 22.3 Å². The van der Waals surface area contributed by atoms with Gasteiger partial charge in [0.1, 0.15) is 12.2 Å². The van der Waals surface area contributed by atoms with Gasteiger partial charge in [0.15, 0.2) is 5.76 Å². The quantitative estimate of drug-likeness (QED) is 0.385. The summed E-state index contributed by atoms with van der Waals surface area (Å²) in [6, 6.07) is 15.7. The number of fused-ring (bicyclic) bond motifs is 1. The third kappa shape index (κ3) is 4.38. The van der Waals surface area contributed by atoms with Gasteiger partial charge in [-0.05, 0) is 62.7 Å². The lowest BCUT2D eigenvalue weighted by Gasteiger charge is -2.11. The average Bonchev–Trinajstić information content (AvgIpc) is 3.28. The van der Waals surface area contributed by atoms with E-state index >= 15 is 0 Å². The van der Waals surface area contributed by atoms with Crippen LogP contribution >= 0.6 is 0 Å². The van der Waals surface area contributed by atoms with Gasteiger partial charge in [-0.25, -0.2) is 4.79 Å². The molecule has 2 aromatic heterocycles. The molecule has 0 atom stereocenters. The number of hydrogen-bond donors (Lipinski definition) is 0. The van der Waals surface area contributed by atoms with E-state index in [1.165, 1.54) is 6.26 Å². The van der Waals surface area contributed by atoms with Crippen molar-refractivity contribution in [2.24, 2.45) is 0 Å². The summed E-state index contributed by atoms with van der Waals surface area (Å²) in [5.74, 6) is 0.342. The number of ether oxygens (including phenoxy) is 2. The zero-order chi connectivity index (χ0) is 22.0. The molecule has 4 rings (SSSR count). The van der Waals surface area contributed by atoms with E-state index in [-0.39, 0.29) is 35.6 Å². The molecule has 31 heavy (non-hydrogen) atoms. The summed E-state index contributed by atoms with van der Waals surface area (Å²) in [6.45, 7) is 5.63. The van der Waals surface area contributed by atoms with Gasteiger partial charge in [-0.1, -0.05) is 23.8 Å². The van der Waals surface area contributed by atoms with Crippen molar-refractivity contribution in [2.75, 3.05) is 0 Å². The minimum absolute atomic E-state index is 0.0799. The van der Waals surface area contributed by atoms with Crippen molar-refractivity contribution < 1.29 is 23.1 Å². The van der Waals surface area contributed by atoms with Crippen molar-refractivity contribution in [3.63, 3.8) is 0 Å². The minimum atomic E-state index is -0.381. The lowest BCUT2D eigenvalue weighted by molar-refractivity contribution is 0.0378. The monoisotopic (exact) mass is 418 g/mol. The Kier molecular flexibility index (Phi) is 5.62. The van der Waals surface area contributed by atoms with Crippen LogP contribution in [0, 0.1) is 6.92 Å². The Bertz CT molecular complexity index is 1260. The topological polar surface area (TPSA) is 78.9 Å². The molecule has 0 unspecified atom stereocenters. The average molecular weight is 418 g/mol. The van der Waals surface area contributed by atoms with Gasteiger partial charge in [0.2, 0.25) is 16.9 Å². The van der Waals surface area contributed by atoms with Gasteiger partial charge in [0.25, 0.3) is 0 Å². The molecule has 2 heterocycles. The SMILES string of the molecule is Cc1ccc2oc(-c3ccco3)c(OCc3ccc(C(=O)OC(C)C)cc3)c(=O)c2c1. The van der Waals surface area contributed by atoms with Crippen LogP contribution in [0.1, 0.15) is 35.3 Å². The van der Waals surface area contributed by atoms with Gasteiger partial charge in [-0.15, -0.1) is 0 Å². The van der Waals surface area contributed by atoms with E-state index in [0.717, 1.165) is 11.1 Å². The summed E-state index contributed by atoms with van der Waals surface area (Å²) in [4.78, 5) is 25.2. The van der Waals surface area contributed by atoms with Crippen LogP contribution in [0.2, 0.25) is 0 Å². The Morgan fingerprint density at radius 3 is 2.52 bits per heavy atom. The molecule has 0 aliphatic heterocycles. The minimum Gasteiger partial charge on any atom is -0.481 e. The fourth-order valence-electron chi connectivity index (χ4n) is 3.17. The van der Waals surface area contributed by atoms with E-state index in [2.05, 4.69) is 0 Å². The first kappa shape index (κ1) is 20.5. The van der Waals surface area contributed by atoms with Crippen LogP contribution in [0.25, 0.3) is 22.5 Å². The summed E-state index contributed by atoms with van der Waals surface area (Å²) >= 11 is 0. The predicted molar refractivity (Wildman–Crippen MR) is 116 cm³/mol. The van der Waals surface area contributed by atoms with Crippen LogP contribution in [0.15, 0.2) is 74.5 Å². The van der Waals surface area contributed by atoms with Gasteiger partial charge < -0.3 is 18.3 Å². The first-order valence-corrected chi connectivity index (χ1v) is 9.96. The van der Waals surface area contributed by atoms with Crippen LogP contribution in [0.5, 0.6) is 5.75 Å². The number of carbonyl (C=O) groups excluding carboxylic acids is 1. The smallest absolute Gasteiger partial charge is 0.338 e. The van der Waals surface area contributed by atoms with Crippen LogP contribution < -0.4 is 10.2 Å². The highest BCUT2D eigenvalue weighted by atomic mass is 16.5. The second kappa shape index (κ2) is 8.52. The number of furan rings is 1. The third-order valence-corrected chi connectivity index (χ3v) is 4.66. The van der Waals surface area contributed by atoms with E-state index in [9.17, 15) is 9.59 Å². The molecule has 0 aliphatic carbocycles. The molecule has 0 spiro atoms. The fraction of sp³-hybridized carbons (Fsp3) is 0.200. The Labute approximate surface area is 179 Å². The van der Waals surface area contributed by atoms with Crippen molar-refractivity contribution in [2.45, 2.75) is 33.5 Å². The maximum atomic E-state index is 13.2. The Morgan fingerprint density at radius 2 is 1.84 bits per heavy atom. The first-order valence-electron chi connectivity index (χ1n) is 9.96. The van der Waals surface area contributed by atoms with Crippen molar-refractivity contribution in [3.8, 4) is 17.3 Å². The second-order valence-corrected chi connectivity index (χ2v) is 7.51. The highest BCUT2D eigenvalue weighted by molar-refractivity contribution is 5.89. The van der Waals surface area contributed by atoms with Gasteiger partial charge in [0, 0.05) is 0 Å². The molecule has 6 heteroatoms. The molecular formula is C25H22O6. The summed E-state index contributed by atoms with van der Waals surface area (Å²) in [5, 5.41) is 0.442. The molecule has 0 radical (unpaired) electrons. The molecule has 0 aliphatic rings. The number of carbonyl (C=O) groups is 1. The van der Waals surface area contributed by atoms with Crippen molar-refractivity contribution in [1.82, 2.24) is 0 Å². The van der Waals surface area contributed by atoms with E-state index in [4.69, 9.17) is 18.3 Å². The Morgan fingerprint density at radius 1 is 1.06 bits per heavy atom. The largest absolute Gasteiger partial charge is 0.481 e. The zero-order valence-corrected chi connectivity index (χ0v) is 17.5. The molecule has 0 fully saturated rings. The number of benzene rings is 2. The fourth-order valence-corrected chi connectivity index (χ4v) is 3.17. The number of rotatable bonds is 6. The maximum Gasteiger partial charge on any atom is 0.338 e. The molecule has 0 saturated carbocycles. The standard InChI is InChI=1S/C25H22O6/c1-15(2)30-25(27)18-9-7-17(8-10-18)14-29-24-22(26)19-13-16(3)6-11-20(19)31-23(24)21-5-4-12-28-21/h4-13,15H,14H2,1-3H3. The van der Waals surface area contributed by atoms with E-state index in [1.54, 1.807) is 62.4 Å². The second-order valence-electron chi connectivity index (χ2n) is 7.51. The van der Waals surface area contributed by atoms with Crippen LogP contribution in [-0.2, 0) is 11.3 Å². The highest BCUT2D eigenvalue weighted by Gasteiger charge is 2.20. The summed E-state index contributed by atoms with van der Waals surface area (Å²) < 4.78 is 22.5. The molecule has 0 saturated heterocycles.